The number of alkyl halides is 3. The molecule has 0 bridgehead atoms. The Morgan fingerprint density at radius 3 is 1.32 bits per heavy atom. The van der Waals surface area contributed by atoms with Crippen molar-refractivity contribution in [2.24, 2.45) is 28.1 Å². The Kier molecular flexibility index (Phi) is 54.1. The number of anilines is 1. The number of piperidine rings is 2. The number of hydrogen-bond acceptors (Lipinski definition) is 20. The summed E-state index contributed by atoms with van der Waals surface area (Å²) < 4.78 is 60.2. The zero-order valence-electron chi connectivity index (χ0n) is 80.6. The van der Waals surface area contributed by atoms with Gasteiger partial charge in [-0.05, 0) is 263 Å². The Balaban J connectivity index is 0.000000329. The Bertz CT molecular complexity index is 5280. The molecule has 136 heavy (non-hydrogen) atoms. The van der Waals surface area contributed by atoms with Gasteiger partial charge in [0.05, 0.1) is 84.2 Å². The van der Waals surface area contributed by atoms with Crippen molar-refractivity contribution in [1.82, 2.24) is 30.2 Å². The number of pyridine rings is 5. The van der Waals surface area contributed by atoms with Gasteiger partial charge in [0.15, 0.2) is 18.9 Å². The third-order valence-corrected chi connectivity index (χ3v) is 28.0. The molecule has 0 atom stereocenters. The van der Waals surface area contributed by atoms with E-state index in [-0.39, 0.29) is 166 Å². The summed E-state index contributed by atoms with van der Waals surface area (Å²) in [5.41, 5.74) is 9.66. The van der Waals surface area contributed by atoms with Crippen LogP contribution in [0.1, 0.15) is 173 Å². The second-order valence-corrected chi connectivity index (χ2v) is 36.4. The number of benzene rings is 5. The standard InChI is InChI=1S/C20H23FN2O2.C18H23NO2.C18H20NO2.C11H19NO2.C11H13NO2.C9H5BrFN.C9H11NO2.C7H7Br.C2H4Br2.B.BrH.2Na.H2O.H/c1-2-25-19(24)20(8-9-20)14-6-11-23(12-7-14)18-5-10-22-17-4-3-15(21)13-16(17)18;2*1-2-21-17(20)18(10-11-18)16-8-12-19(13-9-16)14-15-6-4-3-5-7-15;2*1-2-14-10(13)11(5-6-11)9-3-7-12-8-4-9;10-8-3-4-12-9-2-1-6(11)5-7(8)9;1-2-12-9(11)7-8-3-5-10-6-4-8;8-6-7-4-2-1-3-5-7;3-1-2-4;;;;;;/h3-5,10,13-14H,2,6-9,11-12H2,1H3;3-8H,2,9-14H2,1H3;3-9,12-13H,2,10-11,14H2,1H3;9,12H,2-8H2,1H3;3-4,7-8H,2,5-6H2,1H3;1-5H;3-6H,2,7H2,1H3;1-5H,6H2;1-2H2;;1H;;;1H2;/q;;+1;;;;;;;;;2*+1;;-1/p-2. The molecule has 719 valence electrons. The van der Waals surface area contributed by atoms with Crippen LogP contribution in [0.3, 0.4) is 0 Å². The van der Waals surface area contributed by atoms with Gasteiger partial charge in [-0.15, -0.1) is 0 Å². The van der Waals surface area contributed by atoms with E-state index in [2.05, 4.69) is 158 Å². The molecule has 3 aliphatic heterocycles. The first kappa shape index (κ1) is 119. The fraction of sp³-hybridized carbons (Fsp3) is 0.438. The van der Waals surface area contributed by atoms with E-state index in [0.717, 1.165) is 213 Å². The molecule has 18 rings (SSSR count). The largest absolute Gasteiger partial charge is 1.00 e. The van der Waals surface area contributed by atoms with E-state index in [0.29, 0.717) is 57.9 Å². The summed E-state index contributed by atoms with van der Waals surface area (Å²) in [5, 5.41) is 8.04. The van der Waals surface area contributed by atoms with Crippen LogP contribution >= 0.6 is 63.7 Å². The fourth-order valence-electron chi connectivity index (χ4n) is 16.9. The van der Waals surface area contributed by atoms with Gasteiger partial charge in [0.25, 0.3) is 0 Å². The quantitative estimate of drug-likeness (QED) is 0.0139. The molecule has 21 nitrogen and oxygen atoms in total. The molecule has 0 amide bonds. The molecule has 31 heteroatoms. The SMILES string of the molecule is BrCCBr.BrCc1ccccc1.CCOC(=O)C1(C2=CCN(Cc3ccccc3)CC2)CC1.CCOC(=O)C1(C2CCN(c3ccnc4ccc(F)cc34)CC2)CC1.CCOC(=O)C1(C2CCNCC2)CC1.CCOC(=O)C1(c2cc[n+](Cc3ccccc3)cc2)CC1.CCOC(=O)C1(c2ccncc2)CC1.CCOC(=O)Cc1ccncc1.Fc1ccc2nccc(Br)c2c1.[B].[Br-].[H-].[Na+].[Na+].[OH-]. The maximum Gasteiger partial charge on any atom is 1.00 e. The Labute approximate surface area is 893 Å². The molecule has 0 spiro atoms. The van der Waals surface area contributed by atoms with E-state index >= 15 is 0 Å². The van der Waals surface area contributed by atoms with Crippen LogP contribution in [0.25, 0.3) is 21.8 Å². The number of carbonyl (C=O) groups is 6. The van der Waals surface area contributed by atoms with Gasteiger partial charge in [-0.2, -0.15) is 0 Å². The summed E-state index contributed by atoms with van der Waals surface area (Å²) in [7, 11) is 0. The summed E-state index contributed by atoms with van der Waals surface area (Å²) in [4.78, 5) is 91.9. The predicted molar refractivity (Wildman–Crippen MR) is 532 cm³/mol. The Morgan fingerprint density at radius 1 is 0.471 bits per heavy atom. The zero-order chi connectivity index (χ0) is 93.5. The maximum absolute atomic E-state index is 13.7. The van der Waals surface area contributed by atoms with Crippen molar-refractivity contribution < 1.29 is 154 Å². The van der Waals surface area contributed by atoms with Crippen LogP contribution in [0.4, 0.5) is 14.5 Å². The molecule has 2 saturated heterocycles. The predicted octanol–water partition coefficient (Wildman–Crippen LogP) is 12.0. The van der Waals surface area contributed by atoms with E-state index < -0.39 is 0 Å². The maximum atomic E-state index is 13.7. The first-order valence-corrected chi connectivity index (χ1v) is 50.0. The van der Waals surface area contributed by atoms with E-state index in [1.807, 2.05) is 120 Å². The third kappa shape index (κ3) is 35.3. The van der Waals surface area contributed by atoms with Crippen molar-refractivity contribution in [3.63, 3.8) is 0 Å². The van der Waals surface area contributed by atoms with Gasteiger partial charge >= 0.3 is 94.9 Å². The topological polar surface area (TPSA) is 262 Å². The number of aromatic nitrogens is 5. The molecule has 10 aromatic rings. The molecule has 5 aromatic carbocycles. The van der Waals surface area contributed by atoms with Crippen LogP contribution in [0, 0.1) is 39.7 Å². The van der Waals surface area contributed by atoms with Crippen molar-refractivity contribution in [3.05, 3.63) is 287 Å². The molecule has 5 saturated carbocycles. The number of ether oxygens (including phenoxy) is 6. The average Bonchev–Trinajstić information content (AvgIpc) is 1.61. The third-order valence-electron chi connectivity index (χ3n) is 24.8. The van der Waals surface area contributed by atoms with Crippen LogP contribution in [0.15, 0.2) is 242 Å². The van der Waals surface area contributed by atoms with Crippen molar-refractivity contribution in [3.8, 4) is 0 Å². The Hall–Kier alpha value is -7.07. The first-order chi connectivity index (χ1) is 63.7. The number of fused-ring (bicyclic) bond motifs is 2. The van der Waals surface area contributed by atoms with Crippen LogP contribution in [0.5, 0.6) is 0 Å². The van der Waals surface area contributed by atoms with Gasteiger partial charge in [-0.25, -0.2) is 13.3 Å². The summed E-state index contributed by atoms with van der Waals surface area (Å²) in [5.74, 6) is 0.174. The van der Waals surface area contributed by atoms with Crippen molar-refractivity contribution in [1.29, 1.82) is 0 Å². The molecule has 3 radical (unpaired) electrons. The molecule has 7 fully saturated rings. The molecule has 8 aliphatic rings. The summed E-state index contributed by atoms with van der Waals surface area (Å²) in [6.07, 6.45) is 31.7. The monoisotopic (exact) mass is 2200 g/mol. The average molecular weight is 2200 g/mol. The normalized spacial score (nSPS) is 16.2. The van der Waals surface area contributed by atoms with E-state index in [1.54, 1.807) is 80.5 Å². The van der Waals surface area contributed by atoms with Crippen LogP contribution < -0.4 is 90.9 Å². The van der Waals surface area contributed by atoms with Crippen molar-refractivity contribution in [2.45, 2.75) is 174 Å². The minimum absolute atomic E-state index is 0. The van der Waals surface area contributed by atoms with Gasteiger partial charge < -0.3 is 62.5 Å². The van der Waals surface area contributed by atoms with Gasteiger partial charge in [-0.1, -0.05) is 166 Å². The molecule has 5 aliphatic carbocycles. The number of hydrogen-bond donors (Lipinski definition) is 1. The van der Waals surface area contributed by atoms with Crippen LogP contribution in [0.2, 0.25) is 0 Å². The second kappa shape index (κ2) is 61.6. The Morgan fingerprint density at radius 2 is 0.890 bits per heavy atom. The minimum Gasteiger partial charge on any atom is -1.00 e. The first-order valence-electron chi connectivity index (χ1n) is 45.9. The van der Waals surface area contributed by atoms with Gasteiger partial charge in [0.1, 0.15) is 11.6 Å². The van der Waals surface area contributed by atoms with Gasteiger partial charge in [0, 0.05) is 133 Å². The van der Waals surface area contributed by atoms with E-state index in [9.17, 15) is 37.5 Å². The van der Waals surface area contributed by atoms with E-state index in [1.165, 1.54) is 40.5 Å². The number of esters is 6. The summed E-state index contributed by atoms with van der Waals surface area (Å²) in [6.45, 7) is 21.6. The van der Waals surface area contributed by atoms with Crippen LogP contribution in [-0.4, -0.2) is 164 Å². The molecule has 5 aromatic heterocycles. The summed E-state index contributed by atoms with van der Waals surface area (Å²) >= 11 is 13.1. The molecule has 2 N–H and O–H groups in total. The zero-order valence-corrected chi connectivity index (χ0v) is 91.6. The molecule has 0 unspecified atom stereocenters. The van der Waals surface area contributed by atoms with Crippen molar-refractivity contribution >= 4 is 135 Å². The van der Waals surface area contributed by atoms with Gasteiger partial charge in [0.2, 0.25) is 0 Å². The number of carbonyl (C=O) groups excluding carboxylic acids is 6. The summed E-state index contributed by atoms with van der Waals surface area (Å²) in [6, 6.07) is 55.7. The second-order valence-electron chi connectivity index (χ2n) is 33.4. The van der Waals surface area contributed by atoms with Crippen LogP contribution in [-0.2, 0) is 92.9 Å². The number of nitrogens with one attached hydrogen (secondary N) is 1. The van der Waals surface area contributed by atoms with E-state index in [4.69, 9.17) is 28.4 Å². The minimum atomic E-state index is -0.373. The molecule has 8 heterocycles. The number of halogens is 7. The van der Waals surface area contributed by atoms with Gasteiger partial charge in [-0.3, -0.25) is 53.6 Å². The molecular weight excluding hydrogens is 2080 g/mol. The number of nitrogens with zero attached hydrogens (tertiary/aromatic N) is 7. The fourth-order valence-corrected chi connectivity index (χ4v) is 17.7. The van der Waals surface area contributed by atoms with Crippen molar-refractivity contribution in [2.75, 3.05) is 94.5 Å². The smallest absolute Gasteiger partial charge is 1.00 e. The number of rotatable bonds is 25. The molecular formula is C105H127BBr5F2N8Na2O13.